The smallest absolute Gasteiger partial charge is 0.244 e. The lowest BCUT2D eigenvalue weighted by molar-refractivity contribution is -0.116. The third kappa shape index (κ3) is 4.40. The Hall–Kier alpha value is -3.85. The molecule has 4 aromatic rings. The van der Waals surface area contributed by atoms with Crippen LogP contribution in [-0.4, -0.2) is 23.9 Å². The van der Waals surface area contributed by atoms with E-state index >= 15 is 0 Å². The van der Waals surface area contributed by atoms with Crippen molar-refractivity contribution in [2.75, 3.05) is 5.32 Å². The van der Waals surface area contributed by atoms with Crippen LogP contribution in [0.5, 0.6) is 0 Å². The number of carbonyl (C=O) groups is 1. The molecule has 0 aliphatic carbocycles. The predicted molar refractivity (Wildman–Crippen MR) is 122 cm³/mol. The number of amides is 1. The molecule has 168 valence electrons. The Labute approximate surface area is 189 Å². The van der Waals surface area contributed by atoms with Crippen LogP contribution >= 0.6 is 0 Å². The number of aromatic nitrogens is 2. The highest BCUT2D eigenvalue weighted by Crippen LogP contribution is 2.22. The number of pyridine rings is 2. The molecule has 2 heterocycles. The topological polar surface area (TPSA) is 98.1 Å². The molecule has 33 heavy (non-hydrogen) atoms. The number of nitrogens with zero attached hydrogens (tertiary/aromatic N) is 2. The fourth-order valence-corrected chi connectivity index (χ4v) is 4.76. The minimum Gasteiger partial charge on any atom is -0.322 e. The number of para-hydroxylation sites is 1. The number of rotatable bonds is 5. The first-order valence-electron chi connectivity index (χ1n) is 10.0. The number of carbonyl (C=O) groups excluding carboxylic acids is 1. The van der Waals surface area contributed by atoms with E-state index in [9.17, 15) is 22.4 Å². The van der Waals surface area contributed by atoms with Crippen molar-refractivity contribution in [1.82, 2.24) is 9.55 Å². The molecule has 0 unspecified atom stereocenters. The molecule has 7 nitrogen and oxygen atoms in total. The summed E-state index contributed by atoms with van der Waals surface area (Å²) in [5.41, 5.74) is 0.897. The molecular formula is C24H20FN3O4S. The molecule has 0 spiro atoms. The zero-order valence-electron chi connectivity index (χ0n) is 17.9. The lowest BCUT2D eigenvalue weighted by Crippen LogP contribution is -2.24. The van der Waals surface area contributed by atoms with Gasteiger partial charge in [0.05, 0.1) is 16.0 Å². The molecule has 4 rings (SSSR count). The average molecular weight is 466 g/mol. The van der Waals surface area contributed by atoms with Crippen molar-refractivity contribution < 1.29 is 17.6 Å². The number of halogens is 1. The Morgan fingerprint density at radius 3 is 2.42 bits per heavy atom. The van der Waals surface area contributed by atoms with Gasteiger partial charge in [0.15, 0.2) is 0 Å². The van der Waals surface area contributed by atoms with Gasteiger partial charge < -0.3 is 9.88 Å². The molecular weight excluding hydrogens is 445 g/mol. The number of fused-ring (bicyclic) bond motifs is 1. The summed E-state index contributed by atoms with van der Waals surface area (Å²) in [6.45, 7) is 3.16. The van der Waals surface area contributed by atoms with E-state index in [2.05, 4.69) is 10.3 Å². The van der Waals surface area contributed by atoms with Crippen LogP contribution in [-0.2, 0) is 21.2 Å². The maximum atomic E-state index is 13.9. The molecule has 0 radical (unpaired) electrons. The standard InChI is InChI=1S/C24H20FN3O4S/c1-15-7-10-17(11-8-15)33(31,32)21-13-28(24-18(23(21)30)12-9-16(2)26-24)14-22(29)27-20-6-4-3-5-19(20)25/h3-13H,14H2,1-2H3,(H,27,29). The summed E-state index contributed by atoms with van der Waals surface area (Å²) in [5, 5.41) is 2.52. The fraction of sp³-hybridized carbons (Fsp3) is 0.125. The van der Waals surface area contributed by atoms with E-state index in [0.29, 0.717) is 5.69 Å². The van der Waals surface area contributed by atoms with Crippen LogP contribution in [0, 0.1) is 19.7 Å². The SMILES string of the molecule is Cc1ccc(S(=O)(=O)c2cn(CC(=O)Nc3ccccc3F)c3nc(C)ccc3c2=O)cc1. The van der Waals surface area contributed by atoms with Crippen molar-refractivity contribution in [3.05, 3.63) is 94.2 Å². The third-order valence-electron chi connectivity index (χ3n) is 5.11. The normalized spacial score (nSPS) is 11.5. The lowest BCUT2D eigenvalue weighted by Gasteiger charge is -2.14. The van der Waals surface area contributed by atoms with Gasteiger partial charge in [-0.25, -0.2) is 17.8 Å². The molecule has 0 saturated carbocycles. The van der Waals surface area contributed by atoms with E-state index in [1.165, 1.54) is 41.0 Å². The van der Waals surface area contributed by atoms with Crippen LogP contribution in [0.1, 0.15) is 11.3 Å². The maximum Gasteiger partial charge on any atom is 0.244 e. The summed E-state index contributed by atoms with van der Waals surface area (Å²) in [6, 6.07) is 14.9. The van der Waals surface area contributed by atoms with E-state index in [-0.39, 0.29) is 28.2 Å². The van der Waals surface area contributed by atoms with E-state index in [1.807, 2.05) is 6.92 Å². The lowest BCUT2D eigenvalue weighted by atomic mass is 10.2. The van der Waals surface area contributed by atoms with Gasteiger partial charge in [0.25, 0.3) is 0 Å². The van der Waals surface area contributed by atoms with Crippen LogP contribution in [0.15, 0.2) is 81.4 Å². The molecule has 2 aromatic heterocycles. The second-order valence-corrected chi connectivity index (χ2v) is 9.54. The Morgan fingerprint density at radius 1 is 1.03 bits per heavy atom. The van der Waals surface area contributed by atoms with Crippen molar-refractivity contribution in [3.8, 4) is 0 Å². The van der Waals surface area contributed by atoms with Gasteiger partial charge in [-0.3, -0.25) is 9.59 Å². The van der Waals surface area contributed by atoms with Gasteiger partial charge in [-0.1, -0.05) is 29.8 Å². The quantitative estimate of drug-likeness (QED) is 0.485. The zero-order chi connectivity index (χ0) is 23.8. The second-order valence-electron chi connectivity index (χ2n) is 7.62. The van der Waals surface area contributed by atoms with Crippen molar-refractivity contribution in [2.24, 2.45) is 0 Å². The van der Waals surface area contributed by atoms with Gasteiger partial charge in [-0.15, -0.1) is 0 Å². The summed E-state index contributed by atoms with van der Waals surface area (Å²) in [7, 11) is -4.16. The number of nitrogens with one attached hydrogen (secondary N) is 1. The van der Waals surface area contributed by atoms with Crippen molar-refractivity contribution in [1.29, 1.82) is 0 Å². The first-order valence-corrected chi connectivity index (χ1v) is 11.5. The highest BCUT2D eigenvalue weighted by atomic mass is 32.2. The van der Waals surface area contributed by atoms with Crippen LogP contribution in [0.4, 0.5) is 10.1 Å². The van der Waals surface area contributed by atoms with Gasteiger partial charge in [0, 0.05) is 11.9 Å². The highest BCUT2D eigenvalue weighted by Gasteiger charge is 2.25. The minimum atomic E-state index is -4.16. The maximum absolute atomic E-state index is 13.9. The second kappa shape index (κ2) is 8.59. The molecule has 2 aromatic carbocycles. The molecule has 0 atom stereocenters. The van der Waals surface area contributed by atoms with E-state index in [0.717, 1.165) is 11.8 Å². The Kier molecular flexibility index (Phi) is 5.82. The van der Waals surface area contributed by atoms with Crippen LogP contribution in [0.3, 0.4) is 0 Å². The van der Waals surface area contributed by atoms with Gasteiger partial charge >= 0.3 is 0 Å². The van der Waals surface area contributed by atoms with Gasteiger partial charge in [0.1, 0.15) is 22.9 Å². The third-order valence-corrected chi connectivity index (χ3v) is 6.87. The number of benzene rings is 2. The Bertz CT molecular complexity index is 1540. The van der Waals surface area contributed by atoms with Crippen molar-refractivity contribution in [2.45, 2.75) is 30.2 Å². The first-order chi connectivity index (χ1) is 15.7. The molecule has 0 aliphatic rings. The number of sulfone groups is 1. The molecule has 0 fully saturated rings. The van der Waals surface area contributed by atoms with Crippen molar-refractivity contribution in [3.63, 3.8) is 0 Å². The summed E-state index contributed by atoms with van der Waals surface area (Å²) in [6.07, 6.45) is 1.12. The van der Waals surface area contributed by atoms with E-state index in [1.54, 1.807) is 31.2 Å². The number of anilines is 1. The molecule has 0 saturated heterocycles. The number of hydrogen-bond acceptors (Lipinski definition) is 5. The van der Waals surface area contributed by atoms with Gasteiger partial charge in [-0.05, 0) is 50.2 Å². The van der Waals surface area contributed by atoms with Gasteiger partial charge in [-0.2, -0.15) is 0 Å². The van der Waals surface area contributed by atoms with Crippen LogP contribution in [0.25, 0.3) is 11.0 Å². The Morgan fingerprint density at radius 2 is 1.73 bits per heavy atom. The highest BCUT2D eigenvalue weighted by molar-refractivity contribution is 7.91. The summed E-state index contributed by atoms with van der Waals surface area (Å²) < 4.78 is 41.8. The summed E-state index contributed by atoms with van der Waals surface area (Å²) in [5.74, 6) is -1.21. The van der Waals surface area contributed by atoms with Gasteiger partial charge in [0.2, 0.25) is 21.2 Å². The molecule has 0 aliphatic heterocycles. The minimum absolute atomic E-state index is 0.00973. The summed E-state index contributed by atoms with van der Waals surface area (Å²) >= 11 is 0. The zero-order valence-corrected chi connectivity index (χ0v) is 18.7. The van der Waals surface area contributed by atoms with Crippen LogP contribution in [0.2, 0.25) is 0 Å². The number of aryl methyl sites for hydroxylation is 2. The fourth-order valence-electron chi connectivity index (χ4n) is 3.40. The molecule has 1 amide bonds. The van der Waals surface area contributed by atoms with Crippen molar-refractivity contribution >= 4 is 32.5 Å². The first kappa shape index (κ1) is 22.3. The Balaban J connectivity index is 1.83. The molecule has 9 heteroatoms. The monoisotopic (exact) mass is 465 g/mol. The van der Waals surface area contributed by atoms with E-state index in [4.69, 9.17) is 0 Å². The van der Waals surface area contributed by atoms with E-state index < -0.39 is 31.9 Å². The molecule has 1 N–H and O–H groups in total. The number of hydrogen-bond donors (Lipinski definition) is 1. The predicted octanol–water partition coefficient (Wildman–Crippen LogP) is 3.62. The van der Waals surface area contributed by atoms with Crippen LogP contribution < -0.4 is 10.7 Å². The summed E-state index contributed by atoms with van der Waals surface area (Å²) in [4.78, 5) is 29.6. The largest absolute Gasteiger partial charge is 0.322 e. The molecule has 0 bridgehead atoms. The average Bonchev–Trinajstić information content (AvgIpc) is 2.77.